The highest BCUT2D eigenvalue weighted by molar-refractivity contribution is 7.89. The van der Waals surface area contributed by atoms with E-state index in [0.29, 0.717) is 29.7 Å². The Balaban J connectivity index is 2.00. The Hall–Kier alpha value is -1.67. The summed E-state index contributed by atoms with van der Waals surface area (Å²) < 4.78 is 32.6. The summed E-state index contributed by atoms with van der Waals surface area (Å²) in [5, 5.41) is 6.89. The third-order valence-electron chi connectivity index (χ3n) is 3.70. The monoisotopic (exact) mass is 310 g/mol. The van der Waals surface area contributed by atoms with Crippen LogP contribution < -0.4 is 0 Å². The van der Waals surface area contributed by atoms with Crippen molar-refractivity contribution in [2.45, 2.75) is 44.6 Å². The van der Waals surface area contributed by atoms with E-state index in [1.165, 1.54) is 4.31 Å². The molecule has 21 heavy (non-hydrogen) atoms. The van der Waals surface area contributed by atoms with Crippen LogP contribution in [0.1, 0.15) is 42.1 Å². The van der Waals surface area contributed by atoms with Crippen LogP contribution in [0.3, 0.4) is 0 Å². The van der Waals surface area contributed by atoms with Crippen molar-refractivity contribution >= 4 is 10.0 Å². The number of hydrogen-bond acceptors (Lipinski definition) is 5. The Kier molecular flexibility index (Phi) is 3.37. The molecule has 1 saturated heterocycles. The smallest absolute Gasteiger partial charge is 0.247 e. The van der Waals surface area contributed by atoms with E-state index in [1.54, 1.807) is 26.8 Å². The van der Waals surface area contributed by atoms with Crippen LogP contribution in [-0.4, -0.2) is 34.4 Å². The number of aromatic nitrogens is 3. The summed E-state index contributed by atoms with van der Waals surface area (Å²) >= 11 is 0. The van der Waals surface area contributed by atoms with Crippen LogP contribution in [0.4, 0.5) is 0 Å². The number of H-pyrrole nitrogens is 1. The summed E-state index contributed by atoms with van der Waals surface area (Å²) in [7, 11) is -3.59. The largest absolute Gasteiger partial charge is 0.465 e. The van der Waals surface area contributed by atoms with Gasteiger partial charge in [-0.05, 0) is 39.7 Å². The van der Waals surface area contributed by atoms with Gasteiger partial charge in [0, 0.05) is 6.54 Å². The molecular formula is C13H18N4O3S. The molecule has 0 aromatic carbocycles. The second-order valence-corrected chi connectivity index (χ2v) is 7.19. The van der Waals surface area contributed by atoms with Gasteiger partial charge in [0.1, 0.15) is 22.2 Å². The topological polar surface area (TPSA) is 92.1 Å². The summed E-state index contributed by atoms with van der Waals surface area (Å²) in [6.45, 7) is 5.69. The van der Waals surface area contributed by atoms with Crippen molar-refractivity contribution < 1.29 is 12.8 Å². The second kappa shape index (κ2) is 4.96. The molecular weight excluding hydrogens is 292 g/mol. The fourth-order valence-electron chi connectivity index (χ4n) is 2.78. The minimum absolute atomic E-state index is 0.235. The lowest BCUT2D eigenvalue weighted by Gasteiger charge is -2.21. The number of aromatic amines is 1. The van der Waals surface area contributed by atoms with Gasteiger partial charge in [0.2, 0.25) is 10.0 Å². The van der Waals surface area contributed by atoms with Gasteiger partial charge in [-0.15, -0.1) is 0 Å². The van der Waals surface area contributed by atoms with E-state index in [2.05, 4.69) is 15.2 Å². The molecule has 0 aliphatic carbocycles. The highest BCUT2D eigenvalue weighted by Crippen LogP contribution is 2.36. The molecule has 1 aliphatic heterocycles. The Morgan fingerprint density at radius 1 is 1.38 bits per heavy atom. The zero-order valence-corrected chi connectivity index (χ0v) is 13.1. The lowest BCUT2D eigenvalue weighted by Crippen LogP contribution is -2.31. The second-order valence-electron chi connectivity index (χ2n) is 5.33. The Morgan fingerprint density at radius 2 is 2.14 bits per heavy atom. The molecule has 1 aliphatic rings. The molecule has 0 saturated carbocycles. The van der Waals surface area contributed by atoms with Gasteiger partial charge in [0.15, 0.2) is 5.82 Å². The van der Waals surface area contributed by atoms with E-state index in [1.807, 2.05) is 0 Å². The minimum Gasteiger partial charge on any atom is -0.465 e. The van der Waals surface area contributed by atoms with Crippen molar-refractivity contribution in [3.63, 3.8) is 0 Å². The quantitative estimate of drug-likeness (QED) is 0.934. The van der Waals surface area contributed by atoms with Crippen molar-refractivity contribution in [3.05, 3.63) is 29.2 Å². The first-order chi connectivity index (χ1) is 9.89. The predicted molar refractivity (Wildman–Crippen MR) is 75.2 cm³/mol. The van der Waals surface area contributed by atoms with Crippen molar-refractivity contribution in [2.24, 2.45) is 0 Å². The van der Waals surface area contributed by atoms with E-state index in [9.17, 15) is 8.42 Å². The highest BCUT2D eigenvalue weighted by atomic mass is 32.2. The fraction of sp³-hybridized carbons (Fsp3) is 0.538. The first kappa shape index (κ1) is 14.3. The molecule has 3 rings (SSSR count). The average molecular weight is 310 g/mol. The summed E-state index contributed by atoms with van der Waals surface area (Å²) in [6, 6.07) is 1.26. The van der Waals surface area contributed by atoms with E-state index < -0.39 is 10.0 Å². The molecule has 1 atom stereocenters. The first-order valence-corrected chi connectivity index (χ1v) is 8.31. The molecule has 0 spiro atoms. The molecule has 1 N–H and O–H groups in total. The van der Waals surface area contributed by atoms with Crippen LogP contribution in [0.15, 0.2) is 15.4 Å². The van der Waals surface area contributed by atoms with Gasteiger partial charge in [-0.2, -0.15) is 9.40 Å². The lowest BCUT2D eigenvalue weighted by atomic mass is 10.2. The molecule has 0 amide bonds. The number of sulfonamides is 1. The summed E-state index contributed by atoms with van der Waals surface area (Å²) in [5.41, 5.74) is 0. The number of nitrogens with one attached hydrogen (secondary N) is 1. The predicted octanol–water partition coefficient (Wildman–Crippen LogP) is 1.85. The maximum absolute atomic E-state index is 12.9. The Labute approximate surface area is 123 Å². The van der Waals surface area contributed by atoms with E-state index in [4.69, 9.17) is 4.42 Å². The van der Waals surface area contributed by atoms with Crippen molar-refractivity contribution in [2.75, 3.05) is 6.54 Å². The Morgan fingerprint density at radius 3 is 2.71 bits per heavy atom. The van der Waals surface area contributed by atoms with Crippen LogP contribution in [0.2, 0.25) is 0 Å². The molecule has 8 heteroatoms. The van der Waals surface area contributed by atoms with Crippen LogP contribution >= 0.6 is 0 Å². The molecule has 3 heterocycles. The van der Waals surface area contributed by atoms with Gasteiger partial charge in [0.25, 0.3) is 0 Å². The van der Waals surface area contributed by atoms with Gasteiger partial charge in [0.05, 0.1) is 6.04 Å². The molecule has 2 aromatic heterocycles. The third kappa shape index (κ3) is 2.38. The fourth-order valence-corrected chi connectivity index (χ4v) is 4.66. The van der Waals surface area contributed by atoms with Gasteiger partial charge >= 0.3 is 0 Å². The van der Waals surface area contributed by atoms with Crippen LogP contribution in [0.5, 0.6) is 0 Å². The summed E-state index contributed by atoms with van der Waals surface area (Å²) in [4.78, 5) is 4.52. The molecule has 1 fully saturated rings. The maximum atomic E-state index is 12.9. The first-order valence-electron chi connectivity index (χ1n) is 6.87. The standard InChI is InChI=1S/C13H18N4O3S/c1-8-7-12(9(2)20-8)21(18,19)17-6-4-5-11(17)13-14-10(3)15-16-13/h7,11H,4-6H2,1-3H3,(H,14,15,16)/t11-/m0/s1. The van der Waals surface area contributed by atoms with Crippen molar-refractivity contribution in [1.29, 1.82) is 0 Å². The number of hydrogen-bond donors (Lipinski definition) is 1. The number of rotatable bonds is 3. The minimum atomic E-state index is -3.59. The molecule has 0 bridgehead atoms. The van der Waals surface area contributed by atoms with E-state index in [0.717, 1.165) is 12.8 Å². The SMILES string of the molecule is Cc1nc([C@@H]2CCCN2S(=O)(=O)c2cc(C)oc2C)n[nH]1. The summed E-state index contributed by atoms with van der Waals surface area (Å²) in [6.07, 6.45) is 1.53. The van der Waals surface area contributed by atoms with Gasteiger partial charge in [-0.25, -0.2) is 13.4 Å². The van der Waals surface area contributed by atoms with Crippen LogP contribution in [0, 0.1) is 20.8 Å². The van der Waals surface area contributed by atoms with Crippen molar-refractivity contribution in [3.8, 4) is 0 Å². The molecule has 7 nitrogen and oxygen atoms in total. The van der Waals surface area contributed by atoms with Gasteiger partial charge in [-0.1, -0.05) is 0 Å². The molecule has 2 aromatic rings. The van der Waals surface area contributed by atoms with Gasteiger partial charge in [-0.3, -0.25) is 5.10 Å². The third-order valence-corrected chi connectivity index (χ3v) is 5.71. The number of nitrogens with zero attached hydrogens (tertiary/aromatic N) is 3. The maximum Gasteiger partial charge on any atom is 0.247 e. The zero-order chi connectivity index (χ0) is 15.2. The lowest BCUT2D eigenvalue weighted by molar-refractivity contribution is 0.382. The average Bonchev–Trinajstić information content (AvgIpc) is 3.08. The van der Waals surface area contributed by atoms with Crippen molar-refractivity contribution in [1.82, 2.24) is 19.5 Å². The number of aryl methyl sites for hydroxylation is 3. The molecule has 0 unspecified atom stereocenters. The highest BCUT2D eigenvalue weighted by Gasteiger charge is 2.39. The van der Waals surface area contributed by atoms with Gasteiger partial charge < -0.3 is 4.42 Å². The molecule has 0 radical (unpaired) electrons. The zero-order valence-electron chi connectivity index (χ0n) is 12.3. The van der Waals surface area contributed by atoms with E-state index in [-0.39, 0.29) is 10.9 Å². The van der Waals surface area contributed by atoms with E-state index >= 15 is 0 Å². The normalized spacial score (nSPS) is 20.2. The summed E-state index contributed by atoms with van der Waals surface area (Å²) in [5.74, 6) is 2.23. The Bertz CT molecular complexity index is 762. The van der Waals surface area contributed by atoms with Crippen LogP contribution in [0.25, 0.3) is 0 Å². The van der Waals surface area contributed by atoms with Crippen LogP contribution in [-0.2, 0) is 10.0 Å². The number of furan rings is 1. The molecule has 114 valence electrons.